The van der Waals surface area contributed by atoms with E-state index >= 15 is 0 Å². The summed E-state index contributed by atoms with van der Waals surface area (Å²) in [4.78, 5) is 16.5. The van der Waals surface area contributed by atoms with Crippen LogP contribution in [0.1, 0.15) is 26.3 Å². The predicted molar refractivity (Wildman–Crippen MR) is 117 cm³/mol. The number of nitrogens with one attached hydrogen (secondary N) is 1. The molecule has 0 unspecified atom stereocenters. The van der Waals surface area contributed by atoms with E-state index in [1.165, 1.54) is 5.56 Å². The van der Waals surface area contributed by atoms with Crippen molar-refractivity contribution in [1.29, 1.82) is 0 Å². The minimum absolute atomic E-state index is 0.0196. The van der Waals surface area contributed by atoms with Crippen molar-refractivity contribution in [2.24, 2.45) is 5.92 Å². The van der Waals surface area contributed by atoms with Crippen molar-refractivity contribution < 1.29 is 14.3 Å². The zero-order valence-corrected chi connectivity index (χ0v) is 17.9. The Morgan fingerprint density at radius 1 is 1.07 bits per heavy atom. The number of amides is 1. The fraction of sp³-hybridized carbons (Fsp3) is 0.348. The van der Waals surface area contributed by atoms with Crippen LogP contribution in [0.2, 0.25) is 0 Å². The van der Waals surface area contributed by atoms with Gasteiger partial charge in [-0.3, -0.25) is 4.79 Å². The Hall–Kier alpha value is -3.19. The highest BCUT2D eigenvalue weighted by molar-refractivity contribution is 5.92. The van der Waals surface area contributed by atoms with Crippen LogP contribution in [0.3, 0.4) is 0 Å². The first-order chi connectivity index (χ1) is 14.5. The number of carbonyl (C=O) groups is 1. The molecule has 3 aromatic rings. The minimum Gasteiger partial charge on any atom is -0.460 e. The first-order valence-corrected chi connectivity index (χ1v) is 10.1. The maximum atomic E-state index is 11.9. The molecule has 0 aliphatic heterocycles. The monoisotopic (exact) mass is 408 g/mol. The number of benzene rings is 2. The number of aromatic nitrogens is 3. The SMILES string of the molecule is CCOCCOc1nc(-c2ccc(C)cc2)n(-c2ccc(NC(=O)C(C)C)cc2)n1. The molecule has 0 atom stereocenters. The summed E-state index contributed by atoms with van der Waals surface area (Å²) in [6, 6.07) is 15.9. The number of anilines is 1. The lowest BCUT2D eigenvalue weighted by Crippen LogP contribution is -2.17. The highest BCUT2D eigenvalue weighted by atomic mass is 16.5. The third-order valence-corrected chi connectivity index (χ3v) is 4.46. The number of ether oxygens (including phenoxy) is 2. The molecule has 0 saturated carbocycles. The van der Waals surface area contributed by atoms with Gasteiger partial charge in [0.25, 0.3) is 0 Å². The number of hydrogen-bond acceptors (Lipinski definition) is 5. The molecule has 1 amide bonds. The van der Waals surface area contributed by atoms with E-state index in [-0.39, 0.29) is 11.8 Å². The summed E-state index contributed by atoms with van der Waals surface area (Å²) in [5.41, 5.74) is 3.66. The quantitative estimate of drug-likeness (QED) is 0.536. The van der Waals surface area contributed by atoms with E-state index in [1.807, 2.05) is 76.2 Å². The standard InChI is InChI=1S/C23H28N4O3/c1-5-29-14-15-30-23-25-21(18-8-6-17(4)7-9-18)27(26-23)20-12-10-19(11-13-20)24-22(28)16(2)3/h6-13,16H,5,14-15H2,1-4H3,(H,24,28). The molecule has 0 spiro atoms. The molecular formula is C23H28N4O3. The molecule has 1 aromatic heterocycles. The number of carbonyl (C=O) groups excluding carboxylic acids is 1. The van der Waals surface area contributed by atoms with Gasteiger partial charge in [0.1, 0.15) is 6.61 Å². The molecule has 0 fully saturated rings. The van der Waals surface area contributed by atoms with Gasteiger partial charge in [0, 0.05) is 23.8 Å². The molecule has 1 heterocycles. The van der Waals surface area contributed by atoms with Crippen LogP contribution in [0.15, 0.2) is 48.5 Å². The van der Waals surface area contributed by atoms with E-state index in [2.05, 4.69) is 15.4 Å². The van der Waals surface area contributed by atoms with Gasteiger partial charge in [0.2, 0.25) is 5.91 Å². The van der Waals surface area contributed by atoms with Gasteiger partial charge in [-0.05, 0) is 38.1 Å². The third kappa shape index (κ3) is 5.45. The van der Waals surface area contributed by atoms with Gasteiger partial charge in [-0.25, -0.2) is 4.68 Å². The lowest BCUT2D eigenvalue weighted by molar-refractivity contribution is -0.118. The molecule has 0 saturated heterocycles. The van der Waals surface area contributed by atoms with Gasteiger partial charge in [-0.15, -0.1) is 5.10 Å². The summed E-state index contributed by atoms with van der Waals surface area (Å²) in [6.45, 7) is 9.21. The zero-order chi connectivity index (χ0) is 21.5. The molecule has 7 heteroatoms. The van der Waals surface area contributed by atoms with Gasteiger partial charge in [0.05, 0.1) is 12.3 Å². The van der Waals surface area contributed by atoms with Crippen LogP contribution in [-0.4, -0.2) is 40.5 Å². The molecule has 1 N–H and O–H groups in total. The average Bonchev–Trinajstić information content (AvgIpc) is 3.16. The topological polar surface area (TPSA) is 78.3 Å². The number of hydrogen-bond donors (Lipinski definition) is 1. The Labute approximate surface area is 177 Å². The van der Waals surface area contributed by atoms with Crippen molar-refractivity contribution >= 4 is 11.6 Å². The predicted octanol–water partition coefficient (Wildman–Crippen LogP) is 4.25. The largest absolute Gasteiger partial charge is 0.460 e. The molecule has 2 aromatic carbocycles. The third-order valence-electron chi connectivity index (χ3n) is 4.46. The summed E-state index contributed by atoms with van der Waals surface area (Å²) in [7, 11) is 0. The summed E-state index contributed by atoms with van der Waals surface area (Å²) in [5, 5.41) is 7.43. The Morgan fingerprint density at radius 2 is 1.77 bits per heavy atom. The maximum absolute atomic E-state index is 11.9. The van der Waals surface area contributed by atoms with E-state index in [0.29, 0.717) is 31.7 Å². The van der Waals surface area contributed by atoms with Crippen molar-refractivity contribution in [3.8, 4) is 23.1 Å². The van der Waals surface area contributed by atoms with Crippen LogP contribution in [0.25, 0.3) is 17.1 Å². The first-order valence-electron chi connectivity index (χ1n) is 10.1. The van der Waals surface area contributed by atoms with Gasteiger partial charge in [-0.1, -0.05) is 43.7 Å². The molecule has 0 radical (unpaired) electrons. The summed E-state index contributed by atoms with van der Waals surface area (Å²) in [6.07, 6.45) is 0. The van der Waals surface area contributed by atoms with Gasteiger partial charge < -0.3 is 14.8 Å². The maximum Gasteiger partial charge on any atom is 0.336 e. The molecule has 158 valence electrons. The first kappa shape index (κ1) is 21.5. The second-order valence-electron chi connectivity index (χ2n) is 7.23. The zero-order valence-electron chi connectivity index (χ0n) is 17.9. The molecule has 0 bridgehead atoms. The van der Waals surface area contributed by atoms with Crippen molar-refractivity contribution in [2.75, 3.05) is 25.1 Å². The number of aryl methyl sites for hydroxylation is 1. The highest BCUT2D eigenvalue weighted by Gasteiger charge is 2.15. The Morgan fingerprint density at radius 3 is 2.40 bits per heavy atom. The van der Waals surface area contributed by atoms with Crippen LogP contribution < -0.4 is 10.1 Å². The number of nitrogens with zero attached hydrogens (tertiary/aromatic N) is 3. The van der Waals surface area contributed by atoms with Gasteiger partial charge >= 0.3 is 6.01 Å². The summed E-state index contributed by atoms with van der Waals surface area (Å²) >= 11 is 0. The van der Waals surface area contributed by atoms with E-state index in [0.717, 1.165) is 16.9 Å². The average molecular weight is 409 g/mol. The van der Waals surface area contributed by atoms with Crippen molar-refractivity contribution in [1.82, 2.24) is 14.8 Å². The molecule has 0 aliphatic rings. The van der Waals surface area contributed by atoms with Crippen molar-refractivity contribution in [3.63, 3.8) is 0 Å². The molecule has 0 aliphatic carbocycles. The van der Waals surface area contributed by atoms with Crippen LogP contribution >= 0.6 is 0 Å². The second kappa shape index (κ2) is 10.0. The molecule has 7 nitrogen and oxygen atoms in total. The van der Waals surface area contributed by atoms with Crippen LogP contribution in [-0.2, 0) is 9.53 Å². The number of rotatable bonds is 9. The highest BCUT2D eigenvalue weighted by Crippen LogP contribution is 2.25. The van der Waals surface area contributed by atoms with E-state index in [9.17, 15) is 4.79 Å². The molecule has 30 heavy (non-hydrogen) atoms. The smallest absolute Gasteiger partial charge is 0.336 e. The van der Waals surface area contributed by atoms with E-state index in [1.54, 1.807) is 4.68 Å². The van der Waals surface area contributed by atoms with Gasteiger partial charge in [-0.2, -0.15) is 4.98 Å². The lowest BCUT2D eigenvalue weighted by atomic mass is 10.1. The minimum atomic E-state index is -0.0791. The van der Waals surface area contributed by atoms with Gasteiger partial charge in [0.15, 0.2) is 5.82 Å². The fourth-order valence-corrected chi connectivity index (χ4v) is 2.73. The normalized spacial score (nSPS) is 11.0. The Balaban J connectivity index is 1.88. The van der Waals surface area contributed by atoms with Crippen LogP contribution in [0.5, 0.6) is 6.01 Å². The Bertz CT molecular complexity index is 963. The van der Waals surface area contributed by atoms with Crippen molar-refractivity contribution in [2.45, 2.75) is 27.7 Å². The van der Waals surface area contributed by atoms with Crippen molar-refractivity contribution in [3.05, 3.63) is 54.1 Å². The van der Waals surface area contributed by atoms with E-state index < -0.39 is 0 Å². The molecular weight excluding hydrogens is 380 g/mol. The van der Waals surface area contributed by atoms with E-state index in [4.69, 9.17) is 9.47 Å². The fourth-order valence-electron chi connectivity index (χ4n) is 2.73. The Kier molecular flexibility index (Phi) is 7.19. The second-order valence-corrected chi connectivity index (χ2v) is 7.23. The molecule has 3 rings (SSSR count). The lowest BCUT2D eigenvalue weighted by Gasteiger charge is -2.10. The van der Waals surface area contributed by atoms with Crippen LogP contribution in [0.4, 0.5) is 5.69 Å². The summed E-state index contributed by atoms with van der Waals surface area (Å²) < 4.78 is 12.7. The van der Waals surface area contributed by atoms with Crippen LogP contribution in [0, 0.1) is 12.8 Å². The summed E-state index contributed by atoms with van der Waals surface area (Å²) in [5.74, 6) is 0.582.